The Morgan fingerprint density at radius 1 is 1.17 bits per heavy atom. The van der Waals surface area contributed by atoms with Crippen LogP contribution >= 0.6 is 0 Å². The van der Waals surface area contributed by atoms with Crippen LogP contribution in [0.5, 0.6) is 0 Å². The van der Waals surface area contributed by atoms with Gasteiger partial charge in [-0.05, 0) is 84.7 Å². The number of allylic oxidation sites excluding steroid dienone is 3. The Balaban J connectivity index is 0.00000156. The summed E-state index contributed by atoms with van der Waals surface area (Å²) in [5, 5.41) is 11.2. The van der Waals surface area contributed by atoms with Gasteiger partial charge >= 0.3 is 29.6 Å². The van der Waals surface area contributed by atoms with Gasteiger partial charge in [-0.3, -0.25) is 0 Å². The Morgan fingerprint density at radius 2 is 1.96 bits per heavy atom. The third kappa shape index (κ3) is 2.60. The fourth-order valence-corrected chi connectivity index (χ4v) is 6.48. The smallest absolute Gasteiger partial charge is 0.545 e. The second-order valence-corrected chi connectivity index (χ2v) is 8.73. The summed E-state index contributed by atoms with van der Waals surface area (Å²) in [5.74, 6) is 1.50. The van der Waals surface area contributed by atoms with Gasteiger partial charge in [0.25, 0.3) is 0 Å². The second-order valence-electron chi connectivity index (χ2n) is 8.73. The maximum atomic E-state index is 11.2. The molecule has 0 N–H and O–H groups in total. The molecule has 2 saturated carbocycles. The van der Waals surface area contributed by atoms with Crippen LogP contribution in [0.15, 0.2) is 23.3 Å². The molecule has 0 bridgehead atoms. The van der Waals surface area contributed by atoms with Gasteiger partial charge in [0, 0.05) is 0 Å². The van der Waals surface area contributed by atoms with Gasteiger partial charge in [-0.15, -0.1) is 0 Å². The van der Waals surface area contributed by atoms with E-state index < -0.39 is 5.97 Å². The molecule has 0 unspecified atom stereocenters. The van der Waals surface area contributed by atoms with E-state index >= 15 is 0 Å². The first kappa shape index (κ1) is 17.8. The predicted octanol–water partition coefficient (Wildman–Crippen LogP) is 0.630. The average molecular weight is 322 g/mol. The van der Waals surface area contributed by atoms with E-state index in [2.05, 4.69) is 19.9 Å². The van der Waals surface area contributed by atoms with E-state index in [9.17, 15) is 9.90 Å². The van der Waals surface area contributed by atoms with Crippen molar-refractivity contribution < 1.29 is 39.5 Å². The molecule has 0 aliphatic heterocycles. The molecule has 0 heterocycles. The number of rotatable bonds is 1. The molecule has 4 aliphatic carbocycles. The fourth-order valence-electron chi connectivity index (χ4n) is 6.48. The Hall–Kier alpha value is -0.0500. The van der Waals surface area contributed by atoms with Gasteiger partial charge in [-0.1, -0.05) is 32.4 Å². The van der Waals surface area contributed by atoms with Crippen molar-refractivity contribution in [3.63, 3.8) is 0 Å². The minimum atomic E-state index is -0.975. The number of carbonyl (C=O) groups excluding carboxylic acids is 1. The van der Waals surface area contributed by atoms with Crippen LogP contribution in [0, 0.1) is 28.6 Å². The van der Waals surface area contributed by atoms with Crippen LogP contribution in [-0.2, 0) is 4.79 Å². The summed E-state index contributed by atoms with van der Waals surface area (Å²) in [5.41, 5.74) is 2.58. The van der Waals surface area contributed by atoms with Crippen molar-refractivity contribution in [3.8, 4) is 0 Å². The number of fused-ring (bicyclic) bond motifs is 5. The van der Waals surface area contributed by atoms with Gasteiger partial charge < -0.3 is 9.90 Å². The van der Waals surface area contributed by atoms with Gasteiger partial charge in [0.1, 0.15) is 0 Å². The first-order valence-electron chi connectivity index (χ1n) is 9.07. The molecule has 0 saturated heterocycles. The van der Waals surface area contributed by atoms with Crippen LogP contribution in [-0.4, -0.2) is 5.97 Å². The molecule has 0 aromatic heterocycles. The largest absolute Gasteiger partial charge is 1.00 e. The first-order valence-corrected chi connectivity index (χ1v) is 9.07. The number of hydrogen-bond donors (Lipinski definition) is 0. The van der Waals surface area contributed by atoms with Crippen LogP contribution in [0.2, 0.25) is 0 Å². The van der Waals surface area contributed by atoms with Crippen molar-refractivity contribution in [1.82, 2.24) is 0 Å². The molecule has 23 heavy (non-hydrogen) atoms. The predicted molar refractivity (Wildman–Crippen MR) is 84.8 cm³/mol. The number of carboxylic acid groups (broad SMARTS) is 1. The third-order valence-electron chi connectivity index (χ3n) is 7.81. The Morgan fingerprint density at radius 3 is 2.70 bits per heavy atom. The van der Waals surface area contributed by atoms with E-state index in [0.29, 0.717) is 17.4 Å². The maximum Gasteiger partial charge on any atom is 1.00 e. The molecule has 0 radical (unpaired) electrons. The molecule has 2 fully saturated rings. The van der Waals surface area contributed by atoms with Gasteiger partial charge in [0.15, 0.2) is 0 Å². The van der Waals surface area contributed by atoms with Crippen molar-refractivity contribution in [2.24, 2.45) is 28.6 Å². The van der Waals surface area contributed by atoms with Gasteiger partial charge in [-0.25, -0.2) is 0 Å². The number of hydrogen-bond acceptors (Lipinski definition) is 2. The van der Waals surface area contributed by atoms with Crippen molar-refractivity contribution >= 4 is 5.97 Å². The second kappa shape index (κ2) is 6.04. The Kier molecular flexibility index (Phi) is 4.66. The van der Waals surface area contributed by atoms with E-state index in [4.69, 9.17) is 0 Å². The van der Waals surface area contributed by atoms with Crippen LogP contribution < -0.4 is 34.7 Å². The van der Waals surface area contributed by atoms with Crippen LogP contribution in [0.1, 0.15) is 65.2 Å². The van der Waals surface area contributed by atoms with Crippen molar-refractivity contribution in [2.75, 3.05) is 0 Å². The van der Waals surface area contributed by atoms with Crippen LogP contribution in [0.25, 0.3) is 0 Å². The Bertz CT molecular complexity index is 578. The summed E-state index contributed by atoms with van der Waals surface area (Å²) in [6, 6.07) is 0. The minimum absolute atomic E-state index is 0. The molecule has 0 spiro atoms. The molecule has 2 nitrogen and oxygen atoms in total. The normalized spacial score (nSPS) is 44.9. The maximum absolute atomic E-state index is 11.2. The fraction of sp³-hybridized carbons (Fsp3) is 0.750. The average Bonchev–Trinajstić information content (AvgIpc) is 2.88. The molecular weight excluding hydrogens is 295 g/mol. The molecule has 0 amide bonds. The molecular formula is C20H27NaO2. The topological polar surface area (TPSA) is 40.1 Å². The monoisotopic (exact) mass is 322 g/mol. The summed E-state index contributed by atoms with van der Waals surface area (Å²) in [7, 11) is 0. The zero-order valence-electron chi connectivity index (χ0n) is 14.9. The number of aliphatic carboxylic acids is 1. The van der Waals surface area contributed by atoms with Crippen molar-refractivity contribution in [3.05, 3.63) is 23.3 Å². The van der Waals surface area contributed by atoms with E-state index in [1.807, 2.05) is 6.08 Å². The van der Waals surface area contributed by atoms with Crippen LogP contribution in [0.3, 0.4) is 0 Å². The number of carbonyl (C=O) groups is 1. The minimum Gasteiger partial charge on any atom is -0.545 e. The van der Waals surface area contributed by atoms with Gasteiger partial charge in [-0.2, -0.15) is 0 Å². The van der Waals surface area contributed by atoms with E-state index in [0.717, 1.165) is 30.6 Å². The quantitative estimate of drug-likeness (QED) is 0.665. The van der Waals surface area contributed by atoms with Crippen molar-refractivity contribution in [2.45, 2.75) is 65.2 Å². The summed E-state index contributed by atoms with van der Waals surface area (Å²) >= 11 is 0. The summed E-state index contributed by atoms with van der Waals surface area (Å²) in [4.78, 5) is 11.2. The molecule has 3 heteroatoms. The molecule has 0 aromatic carbocycles. The number of carboxylic acids is 1. The molecule has 120 valence electrons. The van der Waals surface area contributed by atoms with Crippen LogP contribution in [0.4, 0.5) is 0 Å². The first-order chi connectivity index (χ1) is 10.4. The van der Waals surface area contributed by atoms with E-state index in [1.54, 1.807) is 0 Å². The SMILES string of the molecule is C[C@@]12CCC[C@H]1[C@@H]1CC=C3C=C(C(=O)[O-])CC[C@]3(C)[C@H]1CC2.[Na+]. The Labute approximate surface area is 162 Å². The molecule has 4 aliphatic rings. The zero-order chi connectivity index (χ0) is 15.5. The molecule has 4 rings (SSSR count). The summed E-state index contributed by atoms with van der Waals surface area (Å²) in [6.07, 6.45) is 14.1. The van der Waals surface area contributed by atoms with Gasteiger partial charge in [0.2, 0.25) is 0 Å². The summed E-state index contributed by atoms with van der Waals surface area (Å²) < 4.78 is 0. The standard InChI is InChI=1S/C20H28O2.Na/c1-19-9-3-4-16(19)15-6-5-14-12-13(18(21)22)7-11-20(14,2)17(15)8-10-19;/h5,12,15-17H,3-4,6-11H2,1-2H3,(H,21,22);/q;+1/p-1/t15-,16-,17-,19-,20-;/m0./s1. The van der Waals surface area contributed by atoms with E-state index in [-0.39, 0.29) is 35.0 Å². The van der Waals surface area contributed by atoms with Gasteiger partial charge in [0.05, 0.1) is 5.97 Å². The van der Waals surface area contributed by atoms with E-state index in [1.165, 1.54) is 37.7 Å². The van der Waals surface area contributed by atoms with Crippen molar-refractivity contribution in [1.29, 1.82) is 0 Å². The zero-order valence-corrected chi connectivity index (χ0v) is 16.9. The molecule has 5 atom stereocenters. The molecule has 0 aromatic rings. The third-order valence-corrected chi connectivity index (χ3v) is 7.81. The summed E-state index contributed by atoms with van der Waals surface area (Å²) in [6.45, 7) is 4.92.